The van der Waals surface area contributed by atoms with E-state index in [-0.39, 0.29) is 0 Å². The number of nitrogens with zero attached hydrogens (tertiary/aromatic N) is 2. The van der Waals surface area contributed by atoms with E-state index in [4.69, 9.17) is 0 Å². The van der Waals surface area contributed by atoms with Gasteiger partial charge in [0.05, 0.1) is 0 Å². The molecule has 1 N–H and O–H groups in total. The summed E-state index contributed by atoms with van der Waals surface area (Å²) >= 11 is 0. The van der Waals surface area contributed by atoms with Gasteiger partial charge < -0.3 is 15.1 Å². The maximum atomic E-state index is 3.36. The second kappa shape index (κ2) is 3.47. The average Bonchev–Trinajstić information content (AvgIpc) is 2.53. The van der Waals surface area contributed by atoms with Crippen molar-refractivity contribution in [1.82, 2.24) is 15.1 Å². The summed E-state index contributed by atoms with van der Waals surface area (Å²) in [5.41, 5.74) is 0. The first-order chi connectivity index (χ1) is 6.81. The monoisotopic (exact) mass is 195 g/mol. The molecule has 3 heterocycles. The quantitative estimate of drug-likeness (QED) is 0.652. The third-order valence-electron chi connectivity index (χ3n) is 4.13. The molecular weight excluding hydrogens is 174 g/mol. The molecule has 2 unspecified atom stereocenters. The highest BCUT2D eigenvalue weighted by atomic mass is 15.2. The molecule has 3 saturated heterocycles. The lowest BCUT2D eigenvalue weighted by molar-refractivity contribution is 0.204. The van der Waals surface area contributed by atoms with E-state index in [9.17, 15) is 0 Å². The van der Waals surface area contributed by atoms with Crippen LogP contribution in [0, 0.1) is 17.8 Å². The van der Waals surface area contributed by atoms with E-state index in [1.165, 1.54) is 45.8 Å². The van der Waals surface area contributed by atoms with Crippen molar-refractivity contribution in [2.45, 2.75) is 0 Å². The predicted molar refractivity (Wildman–Crippen MR) is 57.3 cm³/mol. The van der Waals surface area contributed by atoms with Crippen molar-refractivity contribution in [3.63, 3.8) is 0 Å². The molecule has 3 heteroatoms. The van der Waals surface area contributed by atoms with Gasteiger partial charge in [0, 0.05) is 45.8 Å². The van der Waals surface area contributed by atoms with Gasteiger partial charge in [-0.2, -0.15) is 0 Å². The summed E-state index contributed by atoms with van der Waals surface area (Å²) in [4.78, 5) is 5.20. The fraction of sp³-hybridized carbons (Fsp3) is 1.00. The summed E-state index contributed by atoms with van der Waals surface area (Å²) in [6, 6.07) is 0. The highest BCUT2D eigenvalue weighted by Gasteiger charge is 2.39. The summed E-state index contributed by atoms with van der Waals surface area (Å²) in [7, 11) is 2.26. The summed E-state index contributed by atoms with van der Waals surface area (Å²) in [5.74, 6) is 2.91. The molecule has 3 fully saturated rings. The summed E-state index contributed by atoms with van der Waals surface area (Å²) in [6.45, 7) is 9.27. The van der Waals surface area contributed by atoms with Crippen molar-refractivity contribution in [1.29, 1.82) is 0 Å². The molecule has 0 radical (unpaired) electrons. The van der Waals surface area contributed by atoms with Crippen LogP contribution in [-0.4, -0.2) is 62.7 Å². The van der Waals surface area contributed by atoms with Crippen molar-refractivity contribution in [2.75, 3.05) is 52.9 Å². The minimum Gasteiger partial charge on any atom is -0.316 e. The number of hydrogen-bond donors (Lipinski definition) is 1. The third-order valence-corrected chi connectivity index (χ3v) is 4.13. The lowest BCUT2D eigenvalue weighted by atomic mass is 10.0. The van der Waals surface area contributed by atoms with Crippen LogP contribution in [0.15, 0.2) is 0 Å². The highest BCUT2D eigenvalue weighted by Crippen LogP contribution is 2.30. The number of fused-ring (bicyclic) bond motifs is 1. The van der Waals surface area contributed by atoms with Crippen molar-refractivity contribution in [3.8, 4) is 0 Å². The Balaban J connectivity index is 1.51. The number of likely N-dealkylation sites (tertiary alicyclic amines) is 2. The van der Waals surface area contributed by atoms with Gasteiger partial charge in [0.1, 0.15) is 0 Å². The highest BCUT2D eigenvalue weighted by molar-refractivity contribution is 4.93. The summed E-state index contributed by atoms with van der Waals surface area (Å²) in [5, 5.41) is 3.36. The molecule has 14 heavy (non-hydrogen) atoms. The van der Waals surface area contributed by atoms with Gasteiger partial charge in [-0.05, 0) is 24.8 Å². The number of hydrogen-bond acceptors (Lipinski definition) is 3. The third kappa shape index (κ3) is 1.58. The second-order valence-electron chi connectivity index (χ2n) is 5.48. The normalized spacial score (nSPS) is 40.1. The Bertz CT molecular complexity index is 201. The Morgan fingerprint density at radius 3 is 2.21 bits per heavy atom. The van der Waals surface area contributed by atoms with Crippen LogP contribution in [0.5, 0.6) is 0 Å². The molecule has 0 saturated carbocycles. The molecule has 0 aromatic rings. The van der Waals surface area contributed by atoms with E-state index in [2.05, 4.69) is 22.2 Å². The molecule has 2 atom stereocenters. The van der Waals surface area contributed by atoms with Crippen LogP contribution >= 0.6 is 0 Å². The van der Waals surface area contributed by atoms with E-state index >= 15 is 0 Å². The van der Waals surface area contributed by atoms with Gasteiger partial charge in [-0.15, -0.1) is 0 Å². The van der Waals surface area contributed by atoms with Crippen molar-refractivity contribution < 1.29 is 0 Å². The zero-order valence-corrected chi connectivity index (χ0v) is 9.08. The molecule has 0 aliphatic carbocycles. The fourth-order valence-electron chi connectivity index (χ4n) is 3.32. The van der Waals surface area contributed by atoms with Crippen molar-refractivity contribution in [2.24, 2.45) is 17.8 Å². The van der Waals surface area contributed by atoms with Gasteiger partial charge in [0.25, 0.3) is 0 Å². The molecule has 3 rings (SSSR count). The van der Waals surface area contributed by atoms with E-state index in [1.807, 2.05) is 0 Å². The molecule has 0 aromatic carbocycles. The van der Waals surface area contributed by atoms with Crippen LogP contribution in [0.3, 0.4) is 0 Å². The van der Waals surface area contributed by atoms with E-state index in [0.29, 0.717) is 0 Å². The van der Waals surface area contributed by atoms with Crippen LogP contribution < -0.4 is 5.32 Å². The largest absolute Gasteiger partial charge is 0.316 e. The molecule has 0 amide bonds. The van der Waals surface area contributed by atoms with Gasteiger partial charge in [0.2, 0.25) is 0 Å². The van der Waals surface area contributed by atoms with Gasteiger partial charge in [0.15, 0.2) is 0 Å². The van der Waals surface area contributed by atoms with E-state index in [0.717, 1.165) is 17.8 Å². The molecule has 3 nitrogen and oxygen atoms in total. The zero-order valence-electron chi connectivity index (χ0n) is 9.08. The van der Waals surface area contributed by atoms with Crippen LogP contribution in [-0.2, 0) is 0 Å². The Kier molecular flexibility index (Phi) is 2.26. The van der Waals surface area contributed by atoms with Crippen molar-refractivity contribution in [3.05, 3.63) is 0 Å². The lowest BCUT2D eigenvalue weighted by Crippen LogP contribution is -2.48. The Hall–Kier alpha value is -0.120. The fourth-order valence-corrected chi connectivity index (χ4v) is 3.32. The van der Waals surface area contributed by atoms with Crippen LogP contribution in [0.2, 0.25) is 0 Å². The molecule has 0 spiro atoms. The minimum absolute atomic E-state index is 0.951. The minimum atomic E-state index is 0.951. The maximum Gasteiger partial charge on any atom is 0.00342 e. The average molecular weight is 195 g/mol. The van der Waals surface area contributed by atoms with Crippen LogP contribution in [0.1, 0.15) is 0 Å². The van der Waals surface area contributed by atoms with Gasteiger partial charge in [-0.1, -0.05) is 0 Å². The van der Waals surface area contributed by atoms with E-state index in [1.54, 1.807) is 0 Å². The zero-order chi connectivity index (χ0) is 9.54. The van der Waals surface area contributed by atoms with Crippen molar-refractivity contribution >= 4 is 0 Å². The Morgan fingerprint density at radius 1 is 1.07 bits per heavy atom. The number of nitrogens with one attached hydrogen (secondary N) is 1. The first-order valence-corrected chi connectivity index (χ1v) is 5.93. The number of rotatable bonds is 2. The first kappa shape index (κ1) is 9.13. The Morgan fingerprint density at radius 2 is 1.71 bits per heavy atom. The molecule has 80 valence electrons. The predicted octanol–water partition coefficient (Wildman–Crippen LogP) is -0.301. The van der Waals surface area contributed by atoms with Gasteiger partial charge >= 0.3 is 0 Å². The van der Waals surface area contributed by atoms with E-state index < -0.39 is 0 Å². The lowest BCUT2D eigenvalue weighted by Gasteiger charge is -2.31. The van der Waals surface area contributed by atoms with Gasteiger partial charge in [-0.25, -0.2) is 0 Å². The van der Waals surface area contributed by atoms with Gasteiger partial charge in [-0.3, -0.25) is 0 Å². The SMILES string of the molecule is CN1CC2CN(CC3CNC3)CC2C1. The molecule has 0 bridgehead atoms. The topological polar surface area (TPSA) is 18.5 Å². The Labute approximate surface area is 86.4 Å². The summed E-state index contributed by atoms with van der Waals surface area (Å²) < 4.78 is 0. The molecule has 0 aromatic heterocycles. The second-order valence-corrected chi connectivity index (χ2v) is 5.48. The first-order valence-electron chi connectivity index (χ1n) is 5.93. The van der Waals surface area contributed by atoms with Crippen LogP contribution in [0.25, 0.3) is 0 Å². The molecule has 3 aliphatic heterocycles. The van der Waals surface area contributed by atoms with Crippen LogP contribution in [0.4, 0.5) is 0 Å². The smallest absolute Gasteiger partial charge is 0.00342 e. The standard InChI is InChI=1S/C11H21N3/c1-13-5-10-7-14(8-11(10)6-13)4-9-2-12-3-9/h9-12H,2-8H2,1H3. The maximum absolute atomic E-state index is 3.36. The molecule has 3 aliphatic rings. The molecular formula is C11H21N3. The summed E-state index contributed by atoms with van der Waals surface area (Å²) in [6.07, 6.45) is 0.